The van der Waals surface area contributed by atoms with Crippen molar-refractivity contribution in [2.75, 3.05) is 50.3 Å². The zero-order valence-corrected chi connectivity index (χ0v) is 14.4. The molecule has 2 aliphatic rings. The summed E-state index contributed by atoms with van der Waals surface area (Å²) in [5, 5.41) is 10.1. The van der Waals surface area contributed by atoms with Crippen LogP contribution in [0.25, 0.3) is 10.9 Å². The number of nitrogens with two attached hydrogens (primary N) is 1. The maximum atomic E-state index is 13.1. The Hall–Kier alpha value is -2.81. The van der Waals surface area contributed by atoms with E-state index in [9.17, 15) is 9.90 Å². The average molecular weight is 381 g/mol. The van der Waals surface area contributed by atoms with Crippen LogP contribution in [-0.2, 0) is 9.53 Å². The van der Waals surface area contributed by atoms with Gasteiger partial charge in [0.15, 0.2) is 11.5 Å². The normalized spacial score (nSPS) is 32.1. The molecule has 27 heavy (non-hydrogen) atoms. The third kappa shape index (κ3) is 3.30. The van der Waals surface area contributed by atoms with Gasteiger partial charge in [-0.2, -0.15) is 4.98 Å². The Labute approximate surface area is 167 Å². The van der Waals surface area contributed by atoms with Crippen molar-refractivity contribution in [3.63, 3.8) is 0 Å². The summed E-state index contributed by atoms with van der Waals surface area (Å²) in [6, 6.07) is 2.42. The topological polar surface area (TPSA) is 114 Å². The molecule has 9 nitrogen and oxygen atoms in total. The molecule has 0 aliphatic carbocycles. The van der Waals surface area contributed by atoms with Crippen LogP contribution < -0.4 is 15.4 Å². The summed E-state index contributed by atoms with van der Waals surface area (Å²) < 4.78 is 78.2. The SMILES string of the molecule is [2H]C1([2H])N(C(=O)C2CCCO2)C([2H])([2H])C([2H])([2H])N(c2nc(N)c3cc(O)c(OC)cc3n2)C1([2H])[2H]. The van der Waals surface area contributed by atoms with Gasteiger partial charge in [0, 0.05) is 44.0 Å². The molecule has 0 saturated carbocycles. The Bertz CT molecular complexity index is 1160. The van der Waals surface area contributed by atoms with E-state index in [0.29, 0.717) is 6.42 Å². The molecular formula is C18H23N5O4. The summed E-state index contributed by atoms with van der Waals surface area (Å²) in [6.07, 6.45) is -0.604. The van der Waals surface area contributed by atoms with Gasteiger partial charge in [-0.1, -0.05) is 0 Å². The Morgan fingerprint density at radius 1 is 1.37 bits per heavy atom. The minimum atomic E-state index is -3.40. The molecule has 1 unspecified atom stereocenters. The number of hydrogen-bond donors (Lipinski definition) is 2. The Balaban J connectivity index is 1.91. The van der Waals surface area contributed by atoms with Crippen LogP contribution >= 0.6 is 0 Å². The number of phenolic OH excluding ortho intramolecular Hbond substituents is 1. The summed E-state index contributed by atoms with van der Waals surface area (Å²) in [6.45, 7) is -13.4. The number of amides is 1. The molecule has 2 fully saturated rings. The highest BCUT2D eigenvalue weighted by molar-refractivity contribution is 5.91. The lowest BCUT2D eigenvalue weighted by Gasteiger charge is -2.35. The fraction of sp³-hybridized carbons (Fsp3) is 0.500. The fourth-order valence-electron chi connectivity index (χ4n) is 2.80. The number of anilines is 2. The minimum Gasteiger partial charge on any atom is -0.504 e. The molecule has 144 valence electrons. The van der Waals surface area contributed by atoms with Gasteiger partial charge in [-0.3, -0.25) is 4.79 Å². The van der Waals surface area contributed by atoms with Gasteiger partial charge in [-0.25, -0.2) is 4.98 Å². The van der Waals surface area contributed by atoms with Gasteiger partial charge in [-0.05, 0) is 18.9 Å². The number of hydrogen-bond acceptors (Lipinski definition) is 8. The third-order valence-electron chi connectivity index (χ3n) is 4.19. The number of carbonyl (C=O) groups excluding carboxylic acids is 1. The first-order valence-corrected chi connectivity index (χ1v) is 8.19. The zero-order chi connectivity index (χ0) is 26.1. The smallest absolute Gasteiger partial charge is 0.251 e. The number of benzene rings is 1. The number of rotatable bonds is 3. The van der Waals surface area contributed by atoms with E-state index in [4.69, 9.17) is 26.2 Å². The number of phenols is 1. The quantitative estimate of drug-likeness (QED) is 0.801. The fourth-order valence-corrected chi connectivity index (χ4v) is 2.80. The maximum Gasteiger partial charge on any atom is 0.251 e. The van der Waals surface area contributed by atoms with Crippen LogP contribution in [-0.4, -0.2) is 71.7 Å². The summed E-state index contributed by atoms with van der Waals surface area (Å²) in [4.78, 5) is 21.1. The number of nitrogen functional groups attached to an aromatic ring is 1. The van der Waals surface area contributed by atoms with Crippen molar-refractivity contribution in [1.29, 1.82) is 0 Å². The van der Waals surface area contributed by atoms with Gasteiger partial charge in [0.05, 0.1) is 23.6 Å². The first-order valence-electron chi connectivity index (χ1n) is 12.2. The van der Waals surface area contributed by atoms with Crippen LogP contribution in [0, 0.1) is 0 Å². The van der Waals surface area contributed by atoms with E-state index in [1.54, 1.807) is 0 Å². The molecule has 0 spiro atoms. The summed E-state index contributed by atoms with van der Waals surface area (Å²) in [5.74, 6) is -2.60. The first kappa shape index (κ1) is 10.5. The van der Waals surface area contributed by atoms with Gasteiger partial charge in [0.2, 0.25) is 5.95 Å². The molecule has 9 heteroatoms. The minimum absolute atomic E-state index is 0.00673. The van der Waals surface area contributed by atoms with Crippen molar-refractivity contribution >= 4 is 28.6 Å². The van der Waals surface area contributed by atoms with Crippen LogP contribution in [0.5, 0.6) is 11.5 Å². The van der Waals surface area contributed by atoms with Gasteiger partial charge >= 0.3 is 0 Å². The number of carbonyl (C=O) groups is 1. The standard InChI is InChI=1S/C18H23N5O4/c1-26-15-10-12-11(9-13(15)24)16(19)21-18(20-12)23-6-4-22(5-7-23)17(25)14-3-2-8-27-14/h9-10,14,24H,2-8H2,1H3,(H2,19,20,21)/i4D2,5D2,6D2,7D2. The molecule has 2 aromatic rings. The van der Waals surface area contributed by atoms with E-state index >= 15 is 0 Å². The molecule has 0 radical (unpaired) electrons. The molecule has 1 amide bonds. The number of nitrogens with zero attached hydrogens (tertiary/aromatic N) is 4. The van der Waals surface area contributed by atoms with Gasteiger partial charge in [0.1, 0.15) is 11.9 Å². The predicted molar refractivity (Wildman–Crippen MR) is 99.9 cm³/mol. The number of methoxy groups -OCH3 is 1. The van der Waals surface area contributed by atoms with Crippen molar-refractivity contribution in [2.45, 2.75) is 18.9 Å². The van der Waals surface area contributed by atoms with Crippen LogP contribution in [0.15, 0.2) is 12.1 Å². The van der Waals surface area contributed by atoms with E-state index in [1.807, 2.05) is 0 Å². The highest BCUT2D eigenvalue weighted by atomic mass is 16.5. The van der Waals surface area contributed by atoms with E-state index in [-0.39, 0.29) is 51.0 Å². The highest BCUT2D eigenvalue weighted by Crippen LogP contribution is 2.33. The van der Waals surface area contributed by atoms with Crippen LogP contribution in [0.2, 0.25) is 0 Å². The second-order valence-corrected chi connectivity index (χ2v) is 5.91. The Kier molecular flexibility index (Phi) is 2.75. The van der Waals surface area contributed by atoms with E-state index in [1.165, 1.54) is 19.2 Å². The number of ether oxygens (including phenoxy) is 2. The molecule has 4 rings (SSSR count). The Morgan fingerprint density at radius 3 is 2.81 bits per heavy atom. The first-order chi connectivity index (χ1) is 16.1. The third-order valence-corrected chi connectivity index (χ3v) is 4.19. The molecule has 1 atom stereocenters. The highest BCUT2D eigenvalue weighted by Gasteiger charge is 2.31. The second-order valence-electron chi connectivity index (χ2n) is 5.91. The lowest BCUT2D eigenvalue weighted by Crippen LogP contribution is -2.51. The predicted octanol–water partition coefficient (Wildman–Crippen LogP) is 0.754. The molecule has 2 saturated heterocycles. The van der Waals surface area contributed by atoms with E-state index < -0.39 is 43.9 Å². The molecule has 3 N–H and O–H groups in total. The van der Waals surface area contributed by atoms with Crippen molar-refractivity contribution in [3.05, 3.63) is 12.1 Å². The summed E-state index contributed by atoms with van der Waals surface area (Å²) >= 11 is 0. The van der Waals surface area contributed by atoms with E-state index in [0.717, 1.165) is 0 Å². The van der Waals surface area contributed by atoms with Crippen molar-refractivity contribution in [2.24, 2.45) is 0 Å². The lowest BCUT2D eigenvalue weighted by atomic mass is 10.2. The van der Waals surface area contributed by atoms with Crippen molar-refractivity contribution in [3.8, 4) is 11.5 Å². The molecular weight excluding hydrogens is 350 g/mol. The second kappa shape index (κ2) is 7.07. The van der Waals surface area contributed by atoms with Gasteiger partial charge in [-0.15, -0.1) is 0 Å². The summed E-state index contributed by atoms with van der Waals surface area (Å²) in [7, 11) is 1.27. The largest absolute Gasteiger partial charge is 0.504 e. The molecule has 1 aromatic carbocycles. The monoisotopic (exact) mass is 381 g/mol. The molecule has 2 aliphatic heterocycles. The maximum absolute atomic E-state index is 13.1. The van der Waals surface area contributed by atoms with Gasteiger partial charge in [0.25, 0.3) is 5.91 Å². The molecule has 3 heterocycles. The average Bonchev–Trinajstić information content (AvgIpc) is 3.27. The van der Waals surface area contributed by atoms with Crippen LogP contribution in [0.1, 0.15) is 23.8 Å². The van der Waals surface area contributed by atoms with Crippen molar-refractivity contribution < 1.29 is 30.3 Å². The van der Waals surface area contributed by atoms with E-state index in [2.05, 4.69) is 9.97 Å². The van der Waals surface area contributed by atoms with Crippen molar-refractivity contribution in [1.82, 2.24) is 14.9 Å². The number of aromatic hydroxyl groups is 1. The Morgan fingerprint density at radius 2 is 2.15 bits per heavy atom. The summed E-state index contributed by atoms with van der Waals surface area (Å²) in [5.41, 5.74) is 5.94. The van der Waals surface area contributed by atoms with Crippen LogP contribution in [0.3, 0.4) is 0 Å². The number of aromatic nitrogens is 2. The molecule has 0 bridgehead atoms. The number of fused-ring (bicyclic) bond motifs is 1. The molecule has 1 aromatic heterocycles. The van der Waals surface area contributed by atoms with Crippen LogP contribution in [0.4, 0.5) is 11.8 Å². The zero-order valence-electron chi connectivity index (χ0n) is 22.4. The number of piperazine rings is 1. The lowest BCUT2D eigenvalue weighted by molar-refractivity contribution is -0.141. The van der Waals surface area contributed by atoms with Gasteiger partial charge < -0.3 is 30.1 Å².